The highest BCUT2D eigenvalue weighted by atomic mass is 35.7. The summed E-state index contributed by atoms with van der Waals surface area (Å²) in [5, 5.41) is 0. The molecule has 0 fully saturated rings. The Labute approximate surface area is 92.2 Å². The summed E-state index contributed by atoms with van der Waals surface area (Å²) in [4.78, 5) is 0. The Balaban J connectivity index is 2.55. The molecule has 0 N–H and O–H groups in total. The van der Waals surface area contributed by atoms with Crippen molar-refractivity contribution >= 4 is 19.7 Å². The van der Waals surface area contributed by atoms with Crippen molar-refractivity contribution in [2.24, 2.45) is 0 Å². The van der Waals surface area contributed by atoms with Crippen molar-refractivity contribution in [1.82, 2.24) is 0 Å². The number of aryl methyl sites for hydroxylation is 1. The lowest BCUT2D eigenvalue weighted by Crippen LogP contribution is -2.08. The molecule has 0 saturated heterocycles. The molecule has 0 saturated carbocycles. The van der Waals surface area contributed by atoms with E-state index in [1.807, 2.05) is 0 Å². The summed E-state index contributed by atoms with van der Waals surface area (Å²) in [5.41, 5.74) is 0.446. The minimum Gasteiger partial charge on any atom is -0.492 e. The van der Waals surface area contributed by atoms with Gasteiger partial charge < -0.3 is 4.74 Å². The van der Waals surface area contributed by atoms with Crippen LogP contribution in [0, 0.1) is 12.7 Å². The van der Waals surface area contributed by atoms with Crippen molar-refractivity contribution in [2.45, 2.75) is 6.92 Å². The molecule has 1 rings (SSSR count). The number of halogens is 2. The Morgan fingerprint density at radius 2 is 2.13 bits per heavy atom. The molecule has 1 aromatic carbocycles. The van der Waals surface area contributed by atoms with Gasteiger partial charge in [0.05, 0.1) is 5.75 Å². The number of benzene rings is 1. The molecule has 3 nitrogen and oxygen atoms in total. The minimum atomic E-state index is -3.54. The molecule has 0 radical (unpaired) electrons. The highest BCUT2D eigenvalue weighted by molar-refractivity contribution is 8.13. The quantitative estimate of drug-likeness (QED) is 0.771. The summed E-state index contributed by atoms with van der Waals surface area (Å²) in [5.74, 6) is -0.174. The molecule has 15 heavy (non-hydrogen) atoms. The molecule has 6 heteroatoms. The summed E-state index contributed by atoms with van der Waals surface area (Å²) in [6.45, 7) is 1.55. The van der Waals surface area contributed by atoms with Crippen LogP contribution in [0.25, 0.3) is 0 Å². The molecule has 0 atom stereocenters. The zero-order valence-corrected chi connectivity index (χ0v) is 9.61. The predicted molar refractivity (Wildman–Crippen MR) is 56.3 cm³/mol. The van der Waals surface area contributed by atoms with Gasteiger partial charge in [-0.1, -0.05) is 0 Å². The van der Waals surface area contributed by atoms with Gasteiger partial charge in [0.1, 0.15) is 18.2 Å². The van der Waals surface area contributed by atoms with E-state index in [1.54, 1.807) is 6.92 Å². The lowest BCUT2D eigenvalue weighted by atomic mass is 10.2. The highest BCUT2D eigenvalue weighted by Gasteiger charge is 2.05. The molecule has 84 valence electrons. The van der Waals surface area contributed by atoms with E-state index in [0.717, 1.165) is 0 Å². The van der Waals surface area contributed by atoms with Crippen molar-refractivity contribution in [3.05, 3.63) is 29.6 Å². The molecular formula is C9H10ClFO3S. The highest BCUT2D eigenvalue weighted by Crippen LogP contribution is 2.15. The second-order valence-corrected chi connectivity index (χ2v) is 5.90. The van der Waals surface area contributed by atoms with Crippen LogP contribution in [-0.2, 0) is 9.05 Å². The SMILES string of the molecule is Cc1cc(OCCS(=O)(=O)Cl)ccc1F. The smallest absolute Gasteiger partial charge is 0.235 e. The standard InChI is InChI=1S/C9H10ClFO3S/c1-7-6-8(2-3-9(7)11)14-4-5-15(10,12)13/h2-3,6H,4-5H2,1H3. The van der Waals surface area contributed by atoms with Gasteiger partial charge in [-0.05, 0) is 30.7 Å². The van der Waals surface area contributed by atoms with Crippen molar-refractivity contribution in [3.8, 4) is 5.75 Å². The summed E-state index contributed by atoms with van der Waals surface area (Å²) >= 11 is 0. The Morgan fingerprint density at radius 1 is 1.47 bits per heavy atom. The van der Waals surface area contributed by atoms with E-state index in [9.17, 15) is 12.8 Å². The number of rotatable bonds is 4. The largest absolute Gasteiger partial charge is 0.492 e. The van der Waals surface area contributed by atoms with Crippen LogP contribution >= 0.6 is 10.7 Å². The van der Waals surface area contributed by atoms with Crippen molar-refractivity contribution in [1.29, 1.82) is 0 Å². The van der Waals surface area contributed by atoms with Crippen LogP contribution in [0.3, 0.4) is 0 Å². The van der Waals surface area contributed by atoms with Crippen LogP contribution in [-0.4, -0.2) is 20.8 Å². The second-order valence-electron chi connectivity index (χ2n) is 3.00. The third-order valence-electron chi connectivity index (χ3n) is 1.73. The van der Waals surface area contributed by atoms with E-state index in [2.05, 4.69) is 0 Å². The third kappa shape index (κ3) is 4.48. The monoisotopic (exact) mass is 252 g/mol. The Morgan fingerprint density at radius 3 is 2.67 bits per heavy atom. The molecule has 0 heterocycles. The van der Waals surface area contributed by atoms with Crippen molar-refractivity contribution in [2.75, 3.05) is 12.4 Å². The average molecular weight is 253 g/mol. The van der Waals surface area contributed by atoms with Crippen LogP contribution in [0.15, 0.2) is 18.2 Å². The van der Waals surface area contributed by atoms with Gasteiger partial charge in [-0.15, -0.1) is 0 Å². The first-order valence-electron chi connectivity index (χ1n) is 4.20. The molecule has 0 bridgehead atoms. The van der Waals surface area contributed by atoms with Gasteiger partial charge in [0, 0.05) is 10.7 Å². The Kier molecular flexibility index (Phi) is 3.93. The molecule has 0 aromatic heterocycles. The maximum Gasteiger partial charge on any atom is 0.235 e. The predicted octanol–water partition coefficient (Wildman–Crippen LogP) is 2.08. The molecule has 0 unspecified atom stereocenters. The summed E-state index contributed by atoms with van der Waals surface area (Å²) in [6, 6.07) is 4.19. The van der Waals surface area contributed by atoms with Gasteiger partial charge in [-0.2, -0.15) is 0 Å². The first-order chi connectivity index (χ1) is 6.88. The second kappa shape index (κ2) is 4.81. The third-order valence-corrected chi connectivity index (χ3v) is 2.84. The van der Waals surface area contributed by atoms with E-state index in [1.165, 1.54) is 18.2 Å². The first-order valence-corrected chi connectivity index (χ1v) is 6.67. The minimum absolute atomic E-state index is 0.0447. The van der Waals surface area contributed by atoms with E-state index < -0.39 is 9.05 Å². The van der Waals surface area contributed by atoms with Gasteiger partial charge in [0.25, 0.3) is 0 Å². The van der Waals surface area contributed by atoms with Gasteiger partial charge in [0.15, 0.2) is 0 Å². The normalized spacial score (nSPS) is 11.4. The number of hydrogen-bond acceptors (Lipinski definition) is 3. The van der Waals surface area contributed by atoms with Gasteiger partial charge in [-0.25, -0.2) is 12.8 Å². The maximum atomic E-state index is 12.8. The molecule has 0 amide bonds. The number of ether oxygens (including phenoxy) is 1. The zero-order chi connectivity index (χ0) is 11.5. The molecule has 1 aromatic rings. The summed E-state index contributed by atoms with van der Waals surface area (Å²) in [6.07, 6.45) is 0. The molecular weight excluding hydrogens is 243 g/mol. The summed E-state index contributed by atoms with van der Waals surface area (Å²) in [7, 11) is 1.45. The fourth-order valence-corrected chi connectivity index (χ4v) is 1.44. The maximum absolute atomic E-state index is 12.8. The van der Waals surface area contributed by atoms with Gasteiger partial charge >= 0.3 is 0 Å². The lowest BCUT2D eigenvalue weighted by molar-refractivity contribution is 0.340. The summed E-state index contributed by atoms with van der Waals surface area (Å²) < 4.78 is 39.1. The van der Waals surface area contributed by atoms with Crippen molar-refractivity contribution in [3.63, 3.8) is 0 Å². The molecule has 0 spiro atoms. The van der Waals surface area contributed by atoms with Crippen LogP contribution in [0.5, 0.6) is 5.75 Å². The topological polar surface area (TPSA) is 43.4 Å². The van der Waals surface area contributed by atoms with Crippen molar-refractivity contribution < 1.29 is 17.5 Å². The molecule has 0 aliphatic rings. The van der Waals surface area contributed by atoms with Crippen LogP contribution in [0.1, 0.15) is 5.56 Å². The van der Waals surface area contributed by atoms with Crippen LogP contribution in [0.4, 0.5) is 4.39 Å². The molecule has 0 aliphatic carbocycles. The average Bonchev–Trinajstić information content (AvgIpc) is 2.09. The van der Waals surface area contributed by atoms with E-state index in [4.69, 9.17) is 15.4 Å². The molecule has 0 aliphatic heterocycles. The van der Waals surface area contributed by atoms with Gasteiger partial charge in [-0.3, -0.25) is 0 Å². The van der Waals surface area contributed by atoms with Crippen LogP contribution < -0.4 is 4.74 Å². The Hall–Kier alpha value is -0.810. The number of hydrogen-bond donors (Lipinski definition) is 0. The fourth-order valence-electron chi connectivity index (χ4n) is 0.966. The van der Waals surface area contributed by atoms with E-state index in [-0.39, 0.29) is 18.2 Å². The Bertz CT molecular complexity index is 445. The fraction of sp³-hybridized carbons (Fsp3) is 0.333. The van der Waals surface area contributed by atoms with Crippen LogP contribution in [0.2, 0.25) is 0 Å². The van der Waals surface area contributed by atoms with Gasteiger partial charge in [0.2, 0.25) is 9.05 Å². The van der Waals surface area contributed by atoms with E-state index in [0.29, 0.717) is 11.3 Å². The lowest BCUT2D eigenvalue weighted by Gasteiger charge is -2.05. The first kappa shape index (κ1) is 12.3. The zero-order valence-electron chi connectivity index (χ0n) is 8.04. The van der Waals surface area contributed by atoms with E-state index >= 15 is 0 Å².